The molecule has 0 aromatic heterocycles. The lowest BCUT2D eigenvalue weighted by atomic mass is 9.90. The quantitative estimate of drug-likeness (QED) is 0.818. The van der Waals surface area contributed by atoms with Crippen molar-refractivity contribution in [3.05, 3.63) is 0 Å². The maximum Gasteiger partial charge on any atom is 0.00964 e. The molecule has 0 bridgehead atoms. The summed E-state index contributed by atoms with van der Waals surface area (Å²) in [7, 11) is 0. The first-order valence-electron chi connectivity index (χ1n) is 7.79. The molecule has 2 rings (SSSR count). The van der Waals surface area contributed by atoms with E-state index in [-0.39, 0.29) is 0 Å². The first kappa shape index (κ1) is 13.4. The van der Waals surface area contributed by atoms with E-state index in [1.54, 1.807) is 0 Å². The highest BCUT2D eigenvalue weighted by atomic mass is 15.2. The van der Waals surface area contributed by atoms with Gasteiger partial charge in [0.25, 0.3) is 0 Å². The molecule has 100 valence electrons. The molecule has 0 radical (unpaired) electrons. The van der Waals surface area contributed by atoms with E-state index in [9.17, 15) is 0 Å². The van der Waals surface area contributed by atoms with Gasteiger partial charge in [0.1, 0.15) is 0 Å². The predicted octanol–water partition coefficient (Wildman–Crippen LogP) is 3.16. The summed E-state index contributed by atoms with van der Waals surface area (Å²) in [5.74, 6) is 1.01. The van der Waals surface area contributed by atoms with Crippen LogP contribution in [-0.2, 0) is 0 Å². The molecule has 1 aliphatic heterocycles. The summed E-state index contributed by atoms with van der Waals surface area (Å²) >= 11 is 0. The number of hydrogen-bond acceptors (Lipinski definition) is 2. The minimum absolute atomic E-state index is 0.492. The Morgan fingerprint density at radius 2 is 1.76 bits per heavy atom. The van der Waals surface area contributed by atoms with E-state index in [0.717, 1.165) is 12.0 Å². The molecule has 1 heterocycles. The molecule has 17 heavy (non-hydrogen) atoms. The van der Waals surface area contributed by atoms with E-state index in [2.05, 4.69) is 11.8 Å². The van der Waals surface area contributed by atoms with Crippen LogP contribution < -0.4 is 5.73 Å². The van der Waals surface area contributed by atoms with Crippen LogP contribution >= 0.6 is 0 Å². The van der Waals surface area contributed by atoms with E-state index in [4.69, 9.17) is 5.73 Å². The minimum Gasteiger partial charge on any atom is -0.328 e. The third-order valence-corrected chi connectivity index (χ3v) is 4.84. The number of rotatable bonds is 3. The summed E-state index contributed by atoms with van der Waals surface area (Å²) < 4.78 is 0. The van der Waals surface area contributed by atoms with E-state index < -0.39 is 0 Å². The minimum atomic E-state index is 0.492. The Morgan fingerprint density at radius 3 is 2.47 bits per heavy atom. The standard InChI is InChI=1S/C15H30N2/c1-2-4-13-5-3-11-17(12-10-13)15-8-6-14(16)7-9-15/h13-15H,2-12,16H2,1H3. The van der Waals surface area contributed by atoms with Crippen molar-refractivity contribution in [3.63, 3.8) is 0 Å². The molecule has 2 heteroatoms. The van der Waals surface area contributed by atoms with Gasteiger partial charge in [-0.05, 0) is 64.0 Å². The zero-order valence-corrected chi connectivity index (χ0v) is 11.5. The van der Waals surface area contributed by atoms with Crippen molar-refractivity contribution in [1.82, 2.24) is 4.90 Å². The van der Waals surface area contributed by atoms with Crippen LogP contribution in [-0.4, -0.2) is 30.1 Å². The second-order valence-electron chi connectivity index (χ2n) is 6.19. The molecule has 1 saturated carbocycles. The van der Waals surface area contributed by atoms with Gasteiger partial charge >= 0.3 is 0 Å². The Kier molecular flexibility index (Phi) is 5.30. The van der Waals surface area contributed by atoms with Gasteiger partial charge in [0.15, 0.2) is 0 Å². The van der Waals surface area contributed by atoms with Gasteiger partial charge in [0.2, 0.25) is 0 Å². The van der Waals surface area contributed by atoms with E-state index >= 15 is 0 Å². The number of likely N-dealkylation sites (tertiary alicyclic amines) is 1. The normalized spacial score (nSPS) is 36.7. The van der Waals surface area contributed by atoms with Crippen LogP contribution in [0.3, 0.4) is 0 Å². The van der Waals surface area contributed by atoms with Crippen LogP contribution in [0, 0.1) is 5.92 Å². The van der Waals surface area contributed by atoms with Crippen molar-refractivity contribution in [2.24, 2.45) is 11.7 Å². The van der Waals surface area contributed by atoms with Gasteiger partial charge in [-0.3, -0.25) is 0 Å². The second-order valence-corrected chi connectivity index (χ2v) is 6.19. The van der Waals surface area contributed by atoms with Crippen molar-refractivity contribution in [1.29, 1.82) is 0 Å². The molecule has 2 nitrogen and oxygen atoms in total. The van der Waals surface area contributed by atoms with Crippen molar-refractivity contribution in [2.45, 2.75) is 76.8 Å². The average Bonchev–Trinajstić information content (AvgIpc) is 2.56. The molecular weight excluding hydrogens is 208 g/mol. The molecule has 1 atom stereocenters. The summed E-state index contributed by atoms with van der Waals surface area (Å²) in [5.41, 5.74) is 6.00. The van der Waals surface area contributed by atoms with Crippen LogP contribution in [0.2, 0.25) is 0 Å². The van der Waals surface area contributed by atoms with Crippen molar-refractivity contribution < 1.29 is 0 Å². The highest BCUT2D eigenvalue weighted by Gasteiger charge is 2.26. The largest absolute Gasteiger partial charge is 0.328 e. The zero-order chi connectivity index (χ0) is 12.1. The molecule has 0 amide bonds. The van der Waals surface area contributed by atoms with Crippen LogP contribution in [0.4, 0.5) is 0 Å². The first-order valence-corrected chi connectivity index (χ1v) is 7.79. The lowest BCUT2D eigenvalue weighted by molar-refractivity contribution is 0.153. The Morgan fingerprint density at radius 1 is 1.00 bits per heavy atom. The topological polar surface area (TPSA) is 29.3 Å². The highest BCUT2D eigenvalue weighted by Crippen LogP contribution is 2.27. The summed E-state index contributed by atoms with van der Waals surface area (Å²) in [5, 5.41) is 0. The van der Waals surface area contributed by atoms with Crippen LogP contribution in [0.1, 0.15) is 64.7 Å². The lowest BCUT2D eigenvalue weighted by Gasteiger charge is -2.35. The molecule has 1 unspecified atom stereocenters. The molecular formula is C15H30N2. The molecule has 0 aromatic rings. The first-order chi connectivity index (χ1) is 8.29. The molecule has 2 aliphatic rings. The van der Waals surface area contributed by atoms with Crippen LogP contribution in [0.5, 0.6) is 0 Å². The van der Waals surface area contributed by atoms with E-state index in [1.807, 2.05) is 0 Å². The second kappa shape index (κ2) is 6.75. The third kappa shape index (κ3) is 3.96. The van der Waals surface area contributed by atoms with Crippen LogP contribution in [0.15, 0.2) is 0 Å². The summed E-state index contributed by atoms with van der Waals surface area (Å²) in [6.07, 6.45) is 12.3. The Labute approximate surface area is 107 Å². The van der Waals surface area contributed by atoms with Gasteiger partial charge < -0.3 is 10.6 Å². The van der Waals surface area contributed by atoms with Gasteiger partial charge in [0, 0.05) is 12.1 Å². The average molecular weight is 238 g/mol. The Hall–Kier alpha value is -0.0800. The van der Waals surface area contributed by atoms with E-state index in [0.29, 0.717) is 6.04 Å². The smallest absolute Gasteiger partial charge is 0.00964 e. The molecule has 0 spiro atoms. The maximum absolute atomic E-state index is 6.00. The van der Waals surface area contributed by atoms with Gasteiger partial charge in [-0.15, -0.1) is 0 Å². The van der Waals surface area contributed by atoms with Crippen LogP contribution in [0.25, 0.3) is 0 Å². The van der Waals surface area contributed by atoms with Gasteiger partial charge in [-0.2, -0.15) is 0 Å². The van der Waals surface area contributed by atoms with Crippen molar-refractivity contribution in [3.8, 4) is 0 Å². The fourth-order valence-electron chi connectivity index (χ4n) is 3.72. The van der Waals surface area contributed by atoms with Crippen molar-refractivity contribution >= 4 is 0 Å². The third-order valence-electron chi connectivity index (χ3n) is 4.84. The monoisotopic (exact) mass is 238 g/mol. The fourth-order valence-corrected chi connectivity index (χ4v) is 3.72. The molecule has 2 fully saturated rings. The predicted molar refractivity (Wildman–Crippen MR) is 74.1 cm³/mol. The number of nitrogens with two attached hydrogens (primary N) is 1. The summed E-state index contributed by atoms with van der Waals surface area (Å²) in [4.78, 5) is 2.78. The number of nitrogens with zero attached hydrogens (tertiary/aromatic N) is 1. The SMILES string of the molecule is CCCC1CCCN(C2CCC(N)CC2)CC1. The van der Waals surface area contributed by atoms with Crippen molar-refractivity contribution in [2.75, 3.05) is 13.1 Å². The molecule has 1 saturated heterocycles. The van der Waals surface area contributed by atoms with Gasteiger partial charge in [-0.1, -0.05) is 19.8 Å². The molecule has 2 N–H and O–H groups in total. The highest BCUT2D eigenvalue weighted by molar-refractivity contribution is 4.83. The molecule has 0 aromatic carbocycles. The lowest BCUT2D eigenvalue weighted by Crippen LogP contribution is -2.41. The Bertz CT molecular complexity index is 209. The van der Waals surface area contributed by atoms with E-state index in [1.165, 1.54) is 70.9 Å². The fraction of sp³-hybridized carbons (Fsp3) is 1.00. The van der Waals surface area contributed by atoms with Gasteiger partial charge in [-0.25, -0.2) is 0 Å². The molecule has 1 aliphatic carbocycles. The summed E-state index contributed by atoms with van der Waals surface area (Å²) in [6.45, 7) is 5.02. The Balaban J connectivity index is 1.78. The van der Waals surface area contributed by atoms with Gasteiger partial charge in [0.05, 0.1) is 0 Å². The maximum atomic E-state index is 6.00. The summed E-state index contributed by atoms with van der Waals surface area (Å²) in [6, 6.07) is 1.35. The zero-order valence-electron chi connectivity index (χ0n) is 11.5. The number of hydrogen-bond donors (Lipinski definition) is 1.